The van der Waals surface area contributed by atoms with E-state index in [2.05, 4.69) is 0 Å². The second kappa shape index (κ2) is 7.87. The van der Waals surface area contributed by atoms with E-state index in [0.717, 1.165) is 12.5 Å². The summed E-state index contributed by atoms with van der Waals surface area (Å²) in [6.07, 6.45) is 0.729. The molecule has 5 nitrogen and oxygen atoms in total. The molecular weight excluding hydrogens is 397 g/mol. The van der Waals surface area contributed by atoms with E-state index in [4.69, 9.17) is 16.3 Å². The third-order valence-corrected chi connectivity index (χ3v) is 5.36. The van der Waals surface area contributed by atoms with E-state index < -0.39 is 17.7 Å². The van der Waals surface area contributed by atoms with Gasteiger partial charge in [-0.2, -0.15) is 0 Å². The molecule has 7 heteroatoms. The molecule has 0 saturated heterocycles. The molecule has 29 heavy (non-hydrogen) atoms. The third kappa shape index (κ3) is 3.60. The second-order valence-electron chi connectivity index (χ2n) is 6.98. The number of ether oxygens (including phenoxy) is 1. The molecule has 0 aliphatic rings. The SMILES string of the molecule is CCC(C)c1c(O)ccc2c1c(OC(C)=O)c(C)n2C(=O)c1ccc(Cl)c(F)c1. The lowest BCUT2D eigenvalue weighted by Crippen LogP contribution is -2.14. The topological polar surface area (TPSA) is 68.5 Å². The van der Waals surface area contributed by atoms with Crippen LogP contribution in [0, 0.1) is 12.7 Å². The van der Waals surface area contributed by atoms with E-state index >= 15 is 0 Å². The standard InChI is InChI=1S/C22H21ClFNO4/c1-5-11(2)19-18(27)9-8-17-20(19)21(29-13(4)26)12(3)25(17)22(28)14-6-7-15(23)16(24)10-14/h6-11,27H,5H2,1-4H3. The molecule has 1 aromatic heterocycles. The maximum absolute atomic E-state index is 13.9. The van der Waals surface area contributed by atoms with Crippen LogP contribution in [0.3, 0.4) is 0 Å². The number of carbonyl (C=O) groups excluding carboxylic acids is 2. The zero-order valence-electron chi connectivity index (χ0n) is 16.5. The minimum Gasteiger partial charge on any atom is -0.508 e. The number of phenolic OH excluding ortho intramolecular Hbond substituents is 1. The van der Waals surface area contributed by atoms with Gasteiger partial charge in [-0.05, 0) is 49.6 Å². The zero-order chi connectivity index (χ0) is 21.5. The predicted octanol–water partition coefficient (Wildman–Crippen LogP) is 5.58. The van der Waals surface area contributed by atoms with Crippen molar-refractivity contribution in [3.8, 4) is 11.5 Å². The number of fused-ring (bicyclic) bond motifs is 1. The van der Waals surface area contributed by atoms with Crippen LogP contribution in [0.25, 0.3) is 10.9 Å². The third-order valence-electron chi connectivity index (χ3n) is 5.05. The number of phenols is 1. The van der Waals surface area contributed by atoms with Gasteiger partial charge in [0.05, 0.1) is 21.6 Å². The van der Waals surface area contributed by atoms with E-state index in [-0.39, 0.29) is 28.0 Å². The highest BCUT2D eigenvalue weighted by Gasteiger charge is 2.27. The summed E-state index contributed by atoms with van der Waals surface area (Å²) in [6, 6.07) is 6.90. The molecule has 152 valence electrons. The van der Waals surface area contributed by atoms with Crippen molar-refractivity contribution >= 4 is 34.4 Å². The Balaban J connectivity index is 2.35. The fraction of sp³-hybridized carbons (Fsp3) is 0.273. The molecule has 0 spiro atoms. The largest absolute Gasteiger partial charge is 0.508 e. The van der Waals surface area contributed by atoms with Crippen LogP contribution in [-0.4, -0.2) is 21.6 Å². The Labute approximate surface area is 172 Å². The number of halogens is 2. The molecule has 3 rings (SSSR count). The van der Waals surface area contributed by atoms with E-state index in [1.807, 2.05) is 13.8 Å². The second-order valence-corrected chi connectivity index (χ2v) is 7.39. The van der Waals surface area contributed by atoms with Crippen molar-refractivity contribution in [1.82, 2.24) is 4.57 Å². The summed E-state index contributed by atoms with van der Waals surface area (Å²) in [5.41, 5.74) is 1.54. The van der Waals surface area contributed by atoms with Crippen molar-refractivity contribution in [2.24, 2.45) is 0 Å². The molecule has 0 aliphatic carbocycles. The van der Waals surface area contributed by atoms with Crippen LogP contribution < -0.4 is 4.74 Å². The smallest absolute Gasteiger partial charge is 0.308 e. The summed E-state index contributed by atoms with van der Waals surface area (Å²) in [7, 11) is 0. The monoisotopic (exact) mass is 417 g/mol. The lowest BCUT2D eigenvalue weighted by molar-refractivity contribution is -0.131. The summed E-state index contributed by atoms with van der Waals surface area (Å²) in [5.74, 6) is -1.53. The van der Waals surface area contributed by atoms with Gasteiger partial charge in [-0.3, -0.25) is 14.2 Å². The first kappa shape index (κ1) is 20.9. The highest BCUT2D eigenvalue weighted by Crippen LogP contribution is 2.43. The molecule has 0 aliphatic heterocycles. The number of nitrogens with zero attached hydrogens (tertiary/aromatic N) is 1. The molecule has 1 heterocycles. The Kier molecular flexibility index (Phi) is 5.66. The molecular formula is C22H21ClFNO4. The Morgan fingerprint density at radius 3 is 2.55 bits per heavy atom. The number of hydrogen-bond acceptors (Lipinski definition) is 4. The lowest BCUT2D eigenvalue weighted by atomic mass is 9.94. The normalized spacial score (nSPS) is 12.2. The number of benzene rings is 2. The first-order chi connectivity index (χ1) is 13.7. The van der Waals surface area contributed by atoms with Crippen LogP contribution >= 0.6 is 11.6 Å². The lowest BCUT2D eigenvalue weighted by Gasteiger charge is -2.14. The van der Waals surface area contributed by atoms with E-state index in [1.54, 1.807) is 13.0 Å². The Morgan fingerprint density at radius 2 is 1.97 bits per heavy atom. The number of rotatable bonds is 4. The van der Waals surface area contributed by atoms with Crippen molar-refractivity contribution < 1.29 is 23.8 Å². The van der Waals surface area contributed by atoms with Gasteiger partial charge in [0, 0.05) is 18.1 Å². The van der Waals surface area contributed by atoms with Crippen molar-refractivity contribution in [2.45, 2.75) is 40.0 Å². The van der Waals surface area contributed by atoms with Gasteiger partial charge in [-0.1, -0.05) is 25.4 Å². The highest BCUT2D eigenvalue weighted by molar-refractivity contribution is 6.30. The Hall–Kier alpha value is -2.86. The first-order valence-electron chi connectivity index (χ1n) is 9.22. The Morgan fingerprint density at radius 1 is 1.28 bits per heavy atom. The average Bonchev–Trinajstić information content (AvgIpc) is 2.94. The van der Waals surface area contributed by atoms with Gasteiger partial charge < -0.3 is 9.84 Å². The average molecular weight is 418 g/mol. The summed E-state index contributed by atoms with van der Waals surface area (Å²) < 4.78 is 20.7. The number of esters is 1. The molecule has 0 bridgehead atoms. The molecule has 3 aromatic rings. The van der Waals surface area contributed by atoms with Gasteiger partial charge in [-0.25, -0.2) is 4.39 Å². The van der Waals surface area contributed by atoms with Gasteiger partial charge in [0.15, 0.2) is 5.75 Å². The molecule has 2 aromatic carbocycles. The van der Waals surface area contributed by atoms with E-state index in [1.165, 1.54) is 29.7 Å². The van der Waals surface area contributed by atoms with Crippen LogP contribution in [-0.2, 0) is 4.79 Å². The number of aromatic nitrogens is 1. The van der Waals surface area contributed by atoms with Crippen LogP contribution in [0.5, 0.6) is 11.5 Å². The van der Waals surface area contributed by atoms with Crippen LogP contribution in [0.1, 0.15) is 54.7 Å². The molecule has 0 saturated carbocycles. The van der Waals surface area contributed by atoms with Gasteiger partial charge in [-0.15, -0.1) is 0 Å². The van der Waals surface area contributed by atoms with E-state index in [0.29, 0.717) is 22.2 Å². The molecule has 0 radical (unpaired) electrons. The van der Waals surface area contributed by atoms with Crippen LogP contribution in [0.2, 0.25) is 5.02 Å². The summed E-state index contributed by atoms with van der Waals surface area (Å²) in [4.78, 5) is 25.0. The van der Waals surface area contributed by atoms with Crippen molar-refractivity contribution in [1.29, 1.82) is 0 Å². The fourth-order valence-electron chi connectivity index (χ4n) is 3.48. The molecule has 1 unspecified atom stereocenters. The first-order valence-corrected chi connectivity index (χ1v) is 9.60. The van der Waals surface area contributed by atoms with Crippen molar-refractivity contribution in [3.63, 3.8) is 0 Å². The predicted molar refractivity (Wildman–Crippen MR) is 109 cm³/mol. The number of carbonyl (C=O) groups is 2. The van der Waals surface area contributed by atoms with Crippen molar-refractivity contribution in [3.05, 3.63) is 58.0 Å². The van der Waals surface area contributed by atoms with E-state index in [9.17, 15) is 19.1 Å². The molecule has 0 fully saturated rings. The molecule has 1 N–H and O–H groups in total. The van der Waals surface area contributed by atoms with Crippen molar-refractivity contribution in [2.75, 3.05) is 0 Å². The van der Waals surface area contributed by atoms with Gasteiger partial charge >= 0.3 is 5.97 Å². The number of aromatic hydroxyl groups is 1. The fourth-order valence-corrected chi connectivity index (χ4v) is 3.59. The van der Waals surface area contributed by atoms with Gasteiger partial charge in [0.25, 0.3) is 5.91 Å². The minimum absolute atomic E-state index is 0.0497. The quantitative estimate of drug-likeness (QED) is 0.563. The Bertz CT molecular complexity index is 1140. The summed E-state index contributed by atoms with van der Waals surface area (Å²) in [5, 5.41) is 10.9. The summed E-state index contributed by atoms with van der Waals surface area (Å²) in [6.45, 7) is 6.82. The van der Waals surface area contributed by atoms with Crippen LogP contribution in [0.4, 0.5) is 4.39 Å². The summed E-state index contributed by atoms with van der Waals surface area (Å²) >= 11 is 5.73. The molecule has 0 amide bonds. The minimum atomic E-state index is -0.704. The zero-order valence-corrected chi connectivity index (χ0v) is 17.3. The van der Waals surface area contributed by atoms with Gasteiger partial charge in [0.1, 0.15) is 11.6 Å². The number of hydrogen-bond donors (Lipinski definition) is 1. The highest BCUT2D eigenvalue weighted by atomic mass is 35.5. The molecule has 1 atom stereocenters. The maximum Gasteiger partial charge on any atom is 0.308 e. The maximum atomic E-state index is 13.9. The van der Waals surface area contributed by atoms with Gasteiger partial charge in [0.2, 0.25) is 0 Å². The van der Waals surface area contributed by atoms with Crippen LogP contribution in [0.15, 0.2) is 30.3 Å².